The van der Waals surface area contributed by atoms with Crippen LogP contribution in [0.25, 0.3) is 21.9 Å². The first-order chi connectivity index (χ1) is 12.1. The second-order valence-corrected chi connectivity index (χ2v) is 8.20. The average molecular weight is 376 g/mol. The van der Waals surface area contributed by atoms with E-state index in [0.717, 1.165) is 6.26 Å². The minimum atomic E-state index is -3.60. The van der Waals surface area contributed by atoms with Crippen LogP contribution in [-0.2, 0) is 9.84 Å². The summed E-state index contributed by atoms with van der Waals surface area (Å²) in [7, 11) is -3.60. The van der Waals surface area contributed by atoms with Gasteiger partial charge in [0.25, 0.3) is 0 Å². The lowest BCUT2D eigenvalue weighted by Crippen LogP contribution is -2.10. The Hall–Kier alpha value is -2.87. The third kappa shape index (κ3) is 3.15. The number of carboxylic acids is 1. The van der Waals surface area contributed by atoms with Gasteiger partial charge in [0.1, 0.15) is 5.58 Å². The number of carboxylic acid groups (broad SMARTS) is 1. The molecule has 0 aliphatic carbocycles. The molecule has 0 saturated carbocycles. The molecule has 0 radical (unpaired) electrons. The van der Waals surface area contributed by atoms with Crippen molar-refractivity contribution in [2.45, 2.75) is 24.8 Å². The maximum atomic E-state index is 12.9. The zero-order valence-corrected chi connectivity index (χ0v) is 15.1. The van der Waals surface area contributed by atoms with E-state index in [4.69, 9.17) is 14.3 Å². The largest absolute Gasteiger partial charge is 0.487 e. The minimum absolute atomic E-state index is 0.0126. The molecule has 0 unspecified atom stereocenters. The van der Waals surface area contributed by atoms with E-state index in [-0.39, 0.29) is 44.3 Å². The second kappa shape index (κ2) is 6.14. The molecule has 0 aliphatic heterocycles. The van der Waals surface area contributed by atoms with Crippen LogP contribution in [0, 0.1) is 0 Å². The molecule has 1 N–H and O–H groups in total. The van der Waals surface area contributed by atoms with Crippen molar-refractivity contribution in [3.05, 3.63) is 46.1 Å². The van der Waals surface area contributed by atoms with Crippen molar-refractivity contribution in [2.24, 2.45) is 0 Å². The fraction of sp³-hybridized carbons (Fsp3) is 0.222. The number of fused-ring (bicyclic) bond motifs is 2. The number of carbonyl (C=O) groups is 1. The molecule has 1 heterocycles. The number of benzene rings is 2. The summed E-state index contributed by atoms with van der Waals surface area (Å²) in [4.78, 5) is 23.9. The molecule has 0 atom stereocenters. The first-order valence-electron chi connectivity index (χ1n) is 7.72. The van der Waals surface area contributed by atoms with Crippen LogP contribution in [0.15, 0.2) is 44.4 Å². The summed E-state index contributed by atoms with van der Waals surface area (Å²) in [5.74, 6) is -1.04. The Bertz CT molecular complexity index is 1200. The van der Waals surface area contributed by atoms with Crippen molar-refractivity contribution in [1.82, 2.24) is 0 Å². The Labute approximate surface area is 148 Å². The Kier molecular flexibility index (Phi) is 4.23. The lowest BCUT2D eigenvalue weighted by atomic mass is 10.1. The molecule has 0 aliphatic rings. The van der Waals surface area contributed by atoms with E-state index >= 15 is 0 Å². The van der Waals surface area contributed by atoms with E-state index in [1.807, 2.05) is 0 Å². The van der Waals surface area contributed by atoms with Gasteiger partial charge in [-0.25, -0.2) is 13.2 Å². The number of hydrogen-bond acceptors (Lipinski definition) is 6. The Morgan fingerprint density at radius 3 is 2.42 bits per heavy atom. The van der Waals surface area contributed by atoms with Gasteiger partial charge in [0.15, 0.2) is 21.2 Å². The van der Waals surface area contributed by atoms with Gasteiger partial charge in [-0.3, -0.25) is 4.79 Å². The van der Waals surface area contributed by atoms with Crippen molar-refractivity contribution in [3.8, 4) is 5.75 Å². The van der Waals surface area contributed by atoms with Gasteiger partial charge in [-0.15, -0.1) is 0 Å². The molecule has 0 fully saturated rings. The molecule has 0 saturated heterocycles. The van der Waals surface area contributed by atoms with Crippen molar-refractivity contribution in [1.29, 1.82) is 0 Å². The van der Waals surface area contributed by atoms with Crippen LogP contribution in [0.5, 0.6) is 5.75 Å². The Morgan fingerprint density at radius 1 is 1.15 bits per heavy atom. The number of aromatic carboxylic acids is 1. The molecule has 1 aromatic heterocycles. The number of rotatable bonds is 4. The van der Waals surface area contributed by atoms with Crippen LogP contribution in [0.2, 0.25) is 0 Å². The summed E-state index contributed by atoms with van der Waals surface area (Å²) < 4.78 is 35.3. The highest BCUT2D eigenvalue weighted by Gasteiger charge is 2.19. The smallest absolute Gasteiger partial charge is 0.335 e. The maximum Gasteiger partial charge on any atom is 0.335 e. The van der Waals surface area contributed by atoms with Crippen molar-refractivity contribution < 1.29 is 27.5 Å². The molecule has 3 aromatic rings. The summed E-state index contributed by atoms with van der Waals surface area (Å²) in [6, 6.07) is 6.46. The molecule has 0 spiro atoms. The van der Waals surface area contributed by atoms with Crippen molar-refractivity contribution >= 4 is 37.7 Å². The molecule has 0 amide bonds. The second-order valence-electron chi connectivity index (χ2n) is 6.18. The Balaban J connectivity index is 2.47. The molecule has 136 valence electrons. The van der Waals surface area contributed by atoms with Gasteiger partial charge in [0.05, 0.1) is 27.3 Å². The topological polar surface area (TPSA) is 111 Å². The summed E-state index contributed by atoms with van der Waals surface area (Å²) in [6.07, 6.45) is 0.752. The molecule has 8 heteroatoms. The minimum Gasteiger partial charge on any atom is -0.487 e. The summed E-state index contributed by atoms with van der Waals surface area (Å²) >= 11 is 0. The highest BCUT2D eigenvalue weighted by molar-refractivity contribution is 7.90. The molecular weight excluding hydrogens is 360 g/mol. The number of sulfone groups is 1. The van der Waals surface area contributed by atoms with E-state index in [1.54, 1.807) is 13.8 Å². The van der Waals surface area contributed by atoms with E-state index in [1.165, 1.54) is 30.3 Å². The summed E-state index contributed by atoms with van der Waals surface area (Å²) in [5, 5.41) is 9.18. The number of ether oxygens (including phenoxy) is 1. The molecule has 0 bridgehead atoms. The van der Waals surface area contributed by atoms with E-state index in [2.05, 4.69) is 0 Å². The molecule has 3 rings (SSSR count). The predicted molar refractivity (Wildman–Crippen MR) is 95.8 cm³/mol. The van der Waals surface area contributed by atoms with Crippen LogP contribution >= 0.6 is 0 Å². The van der Waals surface area contributed by atoms with Gasteiger partial charge in [-0.1, -0.05) is 0 Å². The normalized spacial score (nSPS) is 12.0. The average Bonchev–Trinajstić information content (AvgIpc) is 2.53. The third-order valence-electron chi connectivity index (χ3n) is 3.75. The first kappa shape index (κ1) is 17.9. The van der Waals surface area contributed by atoms with Crippen LogP contribution in [-0.4, -0.2) is 31.9 Å². The van der Waals surface area contributed by atoms with Crippen molar-refractivity contribution in [2.75, 3.05) is 6.26 Å². The molecule has 26 heavy (non-hydrogen) atoms. The Morgan fingerprint density at radius 2 is 1.85 bits per heavy atom. The van der Waals surface area contributed by atoms with Crippen LogP contribution in [0.4, 0.5) is 0 Å². The molecule has 2 aromatic carbocycles. The molecular formula is C18H16O7S. The fourth-order valence-corrected chi connectivity index (χ4v) is 3.24. The fourth-order valence-electron chi connectivity index (χ4n) is 2.59. The lowest BCUT2D eigenvalue weighted by molar-refractivity contribution is 0.0697. The SMILES string of the molecule is CC(C)Oc1cc(S(C)(=O)=O)cc2c(=O)c3cc(C(=O)O)ccc3oc12. The van der Waals surface area contributed by atoms with E-state index in [0.29, 0.717) is 0 Å². The molecule has 7 nitrogen and oxygen atoms in total. The van der Waals surface area contributed by atoms with Crippen LogP contribution < -0.4 is 10.2 Å². The van der Waals surface area contributed by atoms with Gasteiger partial charge in [-0.2, -0.15) is 0 Å². The van der Waals surface area contributed by atoms with Gasteiger partial charge >= 0.3 is 5.97 Å². The summed E-state index contributed by atoms with van der Waals surface area (Å²) in [6.45, 7) is 3.52. The van der Waals surface area contributed by atoms with Gasteiger partial charge < -0.3 is 14.3 Å². The highest BCUT2D eigenvalue weighted by Crippen LogP contribution is 2.31. The summed E-state index contributed by atoms with van der Waals surface area (Å²) in [5.41, 5.74) is -0.287. The van der Waals surface area contributed by atoms with Crippen LogP contribution in [0.1, 0.15) is 24.2 Å². The number of hydrogen-bond donors (Lipinski definition) is 1. The van der Waals surface area contributed by atoms with Gasteiger partial charge in [0.2, 0.25) is 5.43 Å². The quantitative estimate of drug-likeness (QED) is 0.697. The van der Waals surface area contributed by atoms with Gasteiger partial charge in [-0.05, 0) is 38.1 Å². The zero-order chi connectivity index (χ0) is 19.2. The highest BCUT2D eigenvalue weighted by atomic mass is 32.2. The monoisotopic (exact) mass is 376 g/mol. The van der Waals surface area contributed by atoms with E-state index < -0.39 is 21.2 Å². The third-order valence-corrected chi connectivity index (χ3v) is 4.84. The van der Waals surface area contributed by atoms with Crippen molar-refractivity contribution in [3.63, 3.8) is 0 Å². The standard InChI is InChI=1S/C18H16O7S/c1-9(2)24-15-8-11(26(3,22)23)7-13-16(19)12-6-10(18(20)21)4-5-14(12)25-17(13)15/h4-9H,1-3H3,(H,20,21). The maximum absolute atomic E-state index is 12.9. The lowest BCUT2D eigenvalue weighted by Gasteiger charge is -2.13. The van der Waals surface area contributed by atoms with E-state index in [9.17, 15) is 18.0 Å². The predicted octanol–water partition coefficient (Wildman–Crippen LogP) is 2.84. The first-order valence-corrected chi connectivity index (χ1v) is 9.61. The van der Waals surface area contributed by atoms with Crippen LogP contribution in [0.3, 0.4) is 0 Å². The zero-order valence-electron chi connectivity index (χ0n) is 14.3. The van der Waals surface area contributed by atoms with Gasteiger partial charge in [0, 0.05) is 12.3 Å².